The number of benzene rings is 1. The molecule has 0 nitrogen and oxygen atoms in total. The average Bonchev–Trinajstić information content (AvgIpc) is 1.81. The highest BCUT2D eigenvalue weighted by molar-refractivity contribution is 7.22. The van der Waals surface area contributed by atoms with Gasteiger partial charge in [-0.05, 0) is 11.1 Å². The van der Waals surface area contributed by atoms with E-state index in [9.17, 15) is 0 Å². The van der Waals surface area contributed by atoms with Gasteiger partial charge in [-0.15, -0.1) is 0 Å². The van der Waals surface area contributed by atoms with Crippen LogP contribution in [0.5, 0.6) is 0 Å². The van der Waals surface area contributed by atoms with E-state index < -0.39 is 8.14 Å². The third kappa shape index (κ3) is 1.48. The second-order valence-corrected chi connectivity index (χ2v) is 4.30. The van der Waals surface area contributed by atoms with Gasteiger partial charge in [-0.25, -0.2) is 0 Å². The lowest BCUT2D eigenvalue weighted by Gasteiger charge is -2.10. The Morgan fingerprint density at radius 2 is 1.11 bits per heavy atom. The Labute approximate surface area is 66.0 Å². The lowest BCUT2D eigenvalue weighted by Crippen LogP contribution is -1.85. The quantitative estimate of drug-likeness (QED) is 0.427. The molecule has 0 spiro atoms. The zero-order chi connectivity index (χ0) is 6.69. The molecule has 0 N–H and O–H groups in total. The Kier molecular flexibility index (Phi) is 2.58. The zero-order valence-corrected chi connectivity index (χ0v) is 7.70. The van der Waals surface area contributed by atoms with Crippen LogP contribution in [0.1, 0.15) is 0 Å². The summed E-state index contributed by atoms with van der Waals surface area (Å²) in [6.07, 6.45) is 0. The van der Waals surface area contributed by atoms with Gasteiger partial charge in [-0.1, -0.05) is 24.3 Å². The van der Waals surface area contributed by atoms with Crippen LogP contribution in [-0.2, 0) is 0 Å². The molecule has 0 atom stereocenters. The van der Waals surface area contributed by atoms with Crippen molar-refractivity contribution in [1.29, 1.82) is 0 Å². The van der Waals surface area contributed by atoms with Crippen molar-refractivity contribution in [2.45, 2.75) is 0 Å². The van der Waals surface area contributed by atoms with E-state index in [4.69, 9.17) is 22.2 Å². The summed E-state index contributed by atoms with van der Waals surface area (Å²) < 4.78 is 0. The molecule has 0 amide bonds. The molecule has 2 aliphatic rings. The van der Waals surface area contributed by atoms with Crippen molar-refractivity contribution in [3.63, 3.8) is 0 Å². The van der Waals surface area contributed by atoms with Gasteiger partial charge in [0, 0.05) is 0 Å². The Bertz CT molecular complexity index is 162. The summed E-state index contributed by atoms with van der Waals surface area (Å²) in [7, 11) is -0.639. The van der Waals surface area contributed by atoms with Crippen molar-refractivity contribution in [2.24, 2.45) is 0 Å². The van der Waals surface area contributed by atoms with Crippen LogP contribution in [0.25, 0.3) is 11.1 Å². The molecule has 0 bridgehead atoms. The fourth-order valence-corrected chi connectivity index (χ4v) is 0.663. The van der Waals surface area contributed by atoms with Crippen molar-refractivity contribution in [3.05, 3.63) is 24.3 Å². The fraction of sp³-hybridized carbons (Fsp3) is 0. The molecule has 48 valence electrons. The van der Waals surface area contributed by atoms with Gasteiger partial charge in [0.1, 0.15) is 0 Å². The van der Waals surface area contributed by atoms with Gasteiger partial charge in [0.05, 0.1) is 0 Å². The highest BCUT2D eigenvalue weighted by atomic mass is 35.7. The molecule has 0 saturated carbocycles. The third-order valence-electron chi connectivity index (χ3n) is 1.22. The normalized spacial score (nSPS) is 9.56. The van der Waals surface area contributed by atoms with E-state index in [1.54, 1.807) is 0 Å². The fourth-order valence-electron chi connectivity index (χ4n) is 0.663. The first-order valence-corrected chi connectivity index (χ1v) is 6.88. The first-order chi connectivity index (χ1) is 4.38. The largest absolute Gasteiger partial charge is 0.222 e. The molecule has 3 heteroatoms. The number of hydrogen-bond donors (Lipinski definition) is 0. The Hall–Kier alpha value is 0.0169. The van der Waals surface area contributed by atoms with Crippen LogP contribution < -0.4 is 0 Å². The molecule has 0 aromatic carbocycles. The number of fused-ring (bicyclic) bond motifs is 1. The van der Waals surface area contributed by atoms with Crippen LogP contribution in [0.15, 0.2) is 24.3 Å². The van der Waals surface area contributed by atoms with E-state index in [-0.39, 0.29) is 0 Å². The minimum Gasteiger partial charge on any atom is -0.155 e. The second kappa shape index (κ2) is 3.25. The first kappa shape index (κ1) is 7.13. The van der Waals surface area contributed by atoms with Crippen LogP contribution in [0.4, 0.5) is 0 Å². The lowest BCUT2D eigenvalue weighted by molar-refractivity contribution is 1.55. The van der Waals surface area contributed by atoms with E-state index in [0.717, 1.165) is 0 Å². The highest BCUT2D eigenvalue weighted by Crippen LogP contribution is 2.29. The van der Waals surface area contributed by atoms with Gasteiger partial charge >= 0.3 is 0 Å². The summed E-state index contributed by atoms with van der Waals surface area (Å²) in [5.41, 5.74) is 2.85. The van der Waals surface area contributed by atoms with Gasteiger partial charge in [-0.2, -0.15) is 22.2 Å². The summed E-state index contributed by atoms with van der Waals surface area (Å²) >= 11 is 9.81. The molecule has 0 saturated heterocycles. The van der Waals surface area contributed by atoms with Crippen LogP contribution in [-0.4, -0.2) is 8.14 Å². The van der Waals surface area contributed by atoms with E-state index in [2.05, 4.69) is 24.3 Å². The molecular weight excluding hydrogens is 171 g/mol. The van der Waals surface area contributed by atoms with Crippen LogP contribution in [0.2, 0.25) is 0 Å². The summed E-state index contributed by atoms with van der Waals surface area (Å²) in [6, 6.07) is 8.48. The maximum atomic E-state index is 4.90. The summed E-state index contributed by atoms with van der Waals surface area (Å²) in [4.78, 5) is 0. The lowest BCUT2D eigenvalue weighted by atomic mass is 9.95. The molecule has 0 aliphatic heterocycles. The van der Waals surface area contributed by atoms with E-state index >= 15 is 0 Å². The van der Waals surface area contributed by atoms with Crippen LogP contribution in [0.3, 0.4) is 0 Å². The Morgan fingerprint density at radius 3 is 1.11 bits per heavy atom. The maximum absolute atomic E-state index is 4.90. The van der Waals surface area contributed by atoms with Gasteiger partial charge in [0.2, 0.25) is 8.14 Å². The minimum absolute atomic E-state index is 0.639. The number of hydrogen-bond acceptors (Lipinski definition) is 0. The molecule has 0 unspecified atom stereocenters. The number of halogens is 2. The molecule has 0 aromatic rings. The summed E-state index contributed by atoms with van der Waals surface area (Å²) in [5, 5.41) is 0. The molecule has 2 rings (SSSR count). The predicted molar refractivity (Wildman–Crippen MR) is 45.7 cm³/mol. The second-order valence-electron chi connectivity index (χ2n) is 1.68. The predicted octanol–water partition coefficient (Wildman–Crippen LogP) is 2.13. The third-order valence-corrected chi connectivity index (χ3v) is 1.22. The molecule has 0 radical (unpaired) electrons. The minimum atomic E-state index is -0.639. The topological polar surface area (TPSA) is 0 Å². The summed E-state index contributed by atoms with van der Waals surface area (Å²) in [5.74, 6) is 0. The zero-order valence-electron chi connectivity index (χ0n) is 4.77. The van der Waals surface area contributed by atoms with Gasteiger partial charge in [0.25, 0.3) is 0 Å². The van der Waals surface area contributed by atoms with Crippen molar-refractivity contribution < 1.29 is 0 Å². The Balaban J connectivity index is 0.000000120. The Morgan fingerprint density at radius 1 is 0.889 bits per heavy atom. The van der Waals surface area contributed by atoms with Gasteiger partial charge < -0.3 is 0 Å². The number of rotatable bonds is 0. The molecular formula is C6H6Cl2Si. The van der Waals surface area contributed by atoms with Crippen molar-refractivity contribution >= 4 is 30.3 Å². The van der Waals surface area contributed by atoms with Gasteiger partial charge in [0.15, 0.2) is 0 Å². The van der Waals surface area contributed by atoms with Crippen LogP contribution in [0, 0.1) is 0 Å². The monoisotopic (exact) mass is 176 g/mol. The van der Waals surface area contributed by atoms with Crippen LogP contribution >= 0.6 is 22.2 Å². The first-order valence-electron chi connectivity index (χ1n) is 2.61. The van der Waals surface area contributed by atoms with Crippen molar-refractivity contribution in [3.8, 4) is 11.1 Å². The smallest absolute Gasteiger partial charge is 0.155 e. The van der Waals surface area contributed by atoms with Crippen molar-refractivity contribution in [2.75, 3.05) is 0 Å². The maximum Gasteiger partial charge on any atom is 0.222 e. The summed E-state index contributed by atoms with van der Waals surface area (Å²) in [6.45, 7) is 0. The van der Waals surface area contributed by atoms with E-state index in [1.165, 1.54) is 11.1 Å². The molecule has 2 aliphatic carbocycles. The van der Waals surface area contributed by atoms with E-state index in [1.807, 2.05) is 0 Å². The highest BCUT2D eigenvalue weighted by Gasteiger charge is 2.03. The van der Waals surface area contributed by atoms with Gasteiger partial charge in [-0.3, -0.25) is 0 Å². The van der Waals surface area contributed by atoms with E-state index in [0.29, 0.717) is 0 Å². The average molecular weight is 177 g/mol. The molecule has 0 fully saturated rings. The molecule has 0 aromatic heterocycles. The molecule has 0 heterocycles. The van der Waals surface area contributed by atoms with Crippen molar-refractivity contribution in [1.82, 2.24) is 0 Å². The standard InChI is InChI=1S/C6H4.Cl2H2Si/c1-2-6-4-3-5(1)6;1-3-2/h1-4H;3H2. The SMILES string of the molecule is Cl[SiH2]Cl.c1cc2ccc1-2. The molecule has 9 heavy (non-hydrogen) atoms.